The van der Waals surface area contributed by atoms with Gasteiger partial charge in [-0.2, -0.15) is 0 Å². The topological polar surface area (TPSA) is 180 Å². The second-order valence-corrected chi connectivity index (χ2v) is 13.0. The van der Waals surface area contributed by atoms with E-state index in [1.807, 2.05) is 91.0 Å². The van der Waals surface area contributed by atoms with E-state index in [2.05, 4.69) is 0 Å². The first kappa shape index (κ1) is 39.5. The molecule has 0 spiro atoms. The third-order valence-electron chi connectivity index (χ3n) is 8.21. The number of rotatable bonds is 2. The Morgan fingerprint density at radius 1 is 0.500 bits per heavy atom. The first-order valence-electron chi connectivity index (χ1n) is 17.0. The number of carbonyl (C=O) groups is 2. The Morgan fingerprint density at radius 2 is 0.821 bits per heavy atom. The minimum atomic E-state index is -0.125. The summed E-state index contributed by atoms with van der Waals surface area (Å²) in [5.74, 6) is 1.92. The number of halogens is 1. The van der Waals surface area contributed by atoms with Crippen molar-refractivity contribution in [2.45, 2.75) is 27.7 Å². The largest absolute Gasteiger partial charge is 0.512 e. The van der Waals surface area contributed by atoms with Crippen molar-refractivity contribution in [3.05, 3.63) is 120 Å². The summed E-state index contributed by atoms with van der Waals surface area (Å²) in [7, 11) is 0. The zero-order chi connectivity index (χ0) is 38.8. The second-order valence-electron chi connectivity index (χ2n) is 12.6. The molecule has 14 heteroatoms. The van der Waals surface area contributed by atoms with E-state index in [4.69, 9.17) is 61.7 Å². The summed E-state index contributed by atoms with van der Waals surface area (Å²) in [6.45, 7) is 5.70. The Labute approximate surface area is 343 Å². The molecule has 2 N–H and O–H groups in total. The average molecular weight is 926 g/mol. The van der Waals surface area contributed by atoms with Crippen molar-refractivity contribution < 1.29 is 45.6 Å². The summed E-state index contributed by atoms with van der Waals surface area (Å²) in [6.07, 6.45) is 2.33. The third-order valence-corrected chi connectivity index (χ3v) is 8.44. The molecule has 2 aliphatic heterocycles. The van der Waals surface area contributed by atoms with Crippen LogP contribution in [-0.2, 0) is 35.4 Å². The number of hydrogen-bond acceptors (Lipinski definition) is 10. The quantitative estimate of drug-likeness (QED) is 0.0957. The molecular formula is C42H31ClHfN8O4-2. The van der Waals surface area contributed by atoms with Crippen molar-refractivity contribution in [1.82, 2.24) is 39.9 Å². The molecule has 0 atom stereocenters. The van der Waals surface area contributed by atoms with E-state index in [0.717, 1.165) is 43.8 Å². The number of hydrogen-bond donors (Lipinski definition) is 2. The number of benzene rings is 4. The van der Waals surface area contributed by atoms with E-state index in [9.17, 15) is 9.59 Å². The van der Waals surface area contributed by atoms with Gasteiger partial charge in [-0.1, -0.05) is 90.5 Å². The van der Waals surface area contributed by atoms with Gasteiger partial charge in [0, 0.05) is 87.9 Å². The molecule has 7 aromatic rings. The Hall–Kier alpha value is -6.18. The van der Waals surface area contributed by atoms with Gasteiger partial charge in [-0.3, -0.25) is 9.59 Å². The molecular weight excluding hydrogens is 894 g/mol. The zero-order valence-corrected chi connectivity index (χ0v) is 34.8. The smallest absolute Gasteiger partial charge is 0.155 e. The number of allylic oxidation sites excluding steroid dienone is 4. The minimum absolute atomic E-state index is 0. The van der Waals surface area contributed by atoms with Gasteiger partial charge in [0.15, 0.2) is 11.6 Å². The summed E-state index contributed by atoms with van der Waals surface area (Å²) in [5.41, 5.74) is 5.45. The van der Waals surface area contributed by atoms with Crippen LogP contribution < -0.4 is 9.97 Å². The molecule has 9 rings (SSSR count). The maximum Gasteiger partial charge on any atom is 0.155 e. The van der Waals surface area contributed by atoms with E-state index in [1.165, 1.54) is 39.8 Å². The van der Waals surface area contributed by atoms with Crippen molar-refractivity contribution in [2.75, 3.05) is 0 Å². The monoisotopic (exact) mass is 926 g/mol. The second kappa shape index (κ2) is 16.7. The standard InChI is InChI=1S/C32H15ClN8.2C5H8O2.Hf/c33-16-13-14-23-24(15-16)32-40-30-22-12-6-5-11-21(22)28(38-30)36-26-18-8-2-1-7-17(18)25(34-26)35-27-19-9-3-4-10-20(19)29(37-27)39-31(23)41-32;2*1-4(6)3-5(2)7;/h1-15H;2*3,6H,1-2H3;/q-2;;;/b;2*4-3-;. The van der Waals surface area contributed by atoms with Crippen LogP contribution in [0, 0.1) is 0 Å². The van der Waals surface area contributed by atoms with Crippen molar-refractivity contribution in [2.24, 2.45) is 0 Å². The molecule has 276 valence electrons. The van der Waals surface area contributed by atoms with Gasteiger partial charge >= 0.3 is 0 Å². The molecule has 0 fully saturated rings. The molecule has 3 aromatic heterocycles. The number of fused-ring (bicyclic) bond motifs is 20. The van der Waals surface area contributed by atoms with Crippen LogP contribution in [0.5, 0.6) is 0 Å². The summed E-state index contributed by atoms with van der Waals surface area (Å²) in [4.78, 5) is 59.2. The van der Waals surface area contributed by atoms with Crippen LogP contribution in [-0.4, -0.2) is 51.7 Å². The number of ketones is 2. The molecule has 0 saturated carbocycles. The van der Waals surface area contributed by atoms with Crippen LogP contribution in [0.4, 0.5) is 0 Å². The molecule has 2 aliphatic rings. The van der Waals surface area contributed by atoms with E-state index in [1.54, 1.807) is 0 Å². The number of aliphatic hydroxyl groups is 2. The van der Waals surface area contributed by atoms with Crippen molar-refractivity contribution >= 4 is 67.3 Å². The van der Waals surface area contributed by atoms with E-state index >= 15 is 0 Å². The van der Waals surface area contributed by atoms with Gasteiger partial charge < -0.3 is 40.1 Å². The predicted molar refractivity (Wildman–Crippen MR) is 213 cm³/mol. The van der Waals surface area contributed by atoms with Crippen LogP contribution in [0.1, 0.15) is 27.7 Å². The fourth-order valence-corrected chi connectivity index (χ4v) is 6.24. The number of aromatic nitrogens is 8. The molecule has 4 aromatic carbocycles. The van der Waals surface area contributed by atoms with E-state index in [-0.39, 0.29) is 48.9 Å². The summed E-state index contributed by atoms with van der Waals surface area (Å²) in [5, 5.41) is 20.8. The Bertz CT molecular complexity index is 2880. The fourth-order valence-electron chi connectivity index (χ4n) is 6.07. The SMILES string of the molecule is CC(=O)/C=C(/C)O.CC(=O)/C=C(/C)O.Clc1ccc2c(c1)-c1nc-2nc2[n-]c(nc3nc(nc4[n-]c(n1)c1ccccc41)-c1ccccc1-3)c1ccccc21.[Hf]. The number of nitrogens with zero attached hydrogens (tertiary/aromatic N) is 8. The average Bonchev–Trinajstić information content (AvgIpc) is 3.86. The Morgan fingerprint density at radius 3 is 1.14 bits per heavy atom. The fraction of sp³-hybridized carbons (Fsp3) is 0.0952. The van der Waals surface area contributed by atoms with Crippen molar-refractivity contribution in [3.63, 3.8) is 0 Å². The van der Waals surface area contributed by atoms with Crippen molar-refractivity contribution in [1.29, 1.82) is 0 Å². The normalized spacial score (nSPS) is 11.7. The third kappa shape index (κ3) is 8.38. The van der Waals surface area contributed by atoms with Crippen LogP contribution in [0.3, 0.4) is 0 Å². The molecule has 0 radical (unpaired) electrons. The first-order chi connectivity index (χ1) is 26.4. The Balaban J connectivity index is 0.000000306. The van der Waals surface area contributed by atoms with Crippen LogP contribution in [0.2, 0.25) is 5.02 Å². The molecule has 0 aliphatic carbocycles. The summed E-state index contributed by atoms with van der Waals surface area (Å²) in [6, 6.07) is 29.3. The molecule has 5 heterocycles. The molecule has 12 nitrogen and oxygen atoms in total. The summed E-state index contributed by atoms with van der Waals surface area (Å²) < 4.78 is 0. The summed E-state index contributed by atoms with van der Waals surface area (Å²) >= 11 is 6.42. The molecule has 56 heavy (non-hydrogen) atoms. The predicted octanol–water partition coefficient (Wildman–Crippen LogP) is 8.85. The van der Waals surface area contributed by atoms with Gasteiger partial charge in [0.2, 0.25) is 0 Å². The van der Waals surface area contributed by atoms with E-state index < -0.39 is 0 Å². The van der Waals surface area contributed by atoms with Gasteiger partial charge in [0.05, 0.1) is 34.8 Å². The maximum absolute atomic E-state index is 10.0. The van der Waals surface area contributed by atoms with Crippen LogP contribution in [0.25, 0.3) is 89.7 Å². The molecule has 0 unspecified atom stereocenters. The minimum Gasteiger partial charge on any atom is -0.512 e. The van der Waals surface area contributed by atoms with Gasteiger partial charge in [0.1, 0.15) is 0 Å². The zero-order valence-electron chi connectivity index (χ0n) is 30.5. The molecule has 0 saturated heterocycles. The number of carbonyl (C=O) groups excluding carboxylic acids is 2. The molecule has 0 amide bonds. The van der Waals surface area contributed by atoms with Gasteiger partial charge in [-0.25, -0.2) is 9.97 Å². The number of aliphatic hydroxyl groups excluding tert-OH is 2. The van der Waals surface area contributed by atoms with E-state index in [0.29, 0.717) is 50.9 Å². The van der Waals surface area contributed by atoms with Crippen LogP contribution in [0.15, 0.2) is 115 Å². The van der Waals surface area contributed by atoms with Gasteiger partial charge in [-0.05, 0) is 61.4 Å². The Kier molecular flexibility index (Phi) is 11.8. The molecule has 8 bridgehead atoms. The van der Waals surface area contributed by atoms with Crippen molar-refractivity contribution in [3.8, 4) is 45.6 Å². The first-order valence-corrected chi connectivity index (χ1v) is 17.4. The van der Waals surface area contributed by atoms with Crippen LogP contribution >= 0.6 is 11.6 Å². The van der Waals surface area contributed by atoms with Gasteiger partial charge in [0.25, 0.3) is 0 Å². The maximum atomic E-state index is 10.0. The van der Waals surface area contributed by atoms with Gasteiger partial charge in [-0.15, -0.1) is 0 Å².